The zero-order valence-electron chi connectivity index (χ0n) is 20.8. The lowest BCUT2D eigenvalue weighted by Gasteiger charge is -2.32. The summed E-state index contributed by atoms with van der Waals surface area (Å²) in [5.41, 5.74) is 4.77. The smallest absolute Gasteiger partial charge is 0.230 e. The Labute approximate surface area is 214 Å². The largest absolute Gasteiger partial charge is 0.497 e. The molecule has 5 aromatic rings. The summed E-state index contributed by atoms with van der Waals surface area (Å²) in [6.07, 6.45) is 5.66. The topological polar surface area (TPSA) is 106 Å². The number of hydrogen-bond acceptors (Lipinski definition) is 8. The Kier molecular flexibility index (Phi) is 6.60. The molecule has 3 aromatic heterocycles. The predicted octanol–water partition coefficient (Wildman–Crippen LogP) is 4.58. The van der Waals surface area contributed by atoms with Crippen molar-refractivity contribution < 1.29 is 9.15 Å². The van der Waals surface area contributed by atoms with Crippen LogP contribution in [0.1, 0.15) is 24.4 Å². The van der Waals surface area contributed by atoms with E-state index < -0.39 is 0 Å². The van der Waals surface area contributed by atoms with Gasteiger partial charge in [0.15, 0.2) is 0 Å². The fourth-order valence-electron chi connectivity index (χ4n) is 5.32. The van der Waals surface area contributed by atoms with Crippen LogP contribution in [0.5, 0.6) is 5.75 Å². The number of rotatable bonds is 8. The van der Waals surface area contributed by atoms with Gasteiger partial charge in [-0.25, -0.2) is 15.1 Å². The lowest BCUT2D eigenvalue weighted by atomic mass is 9.90. The van der Waals surface area contributed by atoms with Gasteiger partial charge >= 0.3 is 0 Å². The number of fused-ring (bicyclic) bond motifs is 1. The first-order valence-corrected chi connectivity index (χ1v) is 12.7. The molecule has 2 aromatic carbocycles. The van der Waals surface area contributed by atoms with E-state index in [1.807, 2.05) is 30.3 Å². The van der Waals surface area contributed by atoms with Crippen molar-refractivity contribution in [2.75, 3.05) is 26.7 Å². The highest BCUT2D eigenvalue weighted by Crippen LogP contribution is 2.42. The molecular weight excluding hydrogens is 466 g/mol. The number of nitrogens with one attached hydrogen (secondary N) is 1. The molecule has 1 aliphatic rings. The third-order valence-corrected chi connectivity index (χ3v) is 7.12. The molecule has 0 radical (unpaired) electrons. The van der Waals surface area contributed by atoms with Gasteiger partial charge in [0.25, 0.3) is 0 Å². The number of likely N-dealkylation sites (tertiary alicyclic amines) is 1. The highest BCUT2D eigenvalue weighted by atomic mass is 16.5. The minimum Gasteiger partial charge on any atom is -0.497 e. The van der Waals surface area contributed by atoms with Crippen LogP contribution in [0.15, 0.2) is 65.3 Å². The third-order valence-electron chi connectivity index (χ3n) is 7.12. The summed E-state index contributed by atoms with van der Waals surface area (Å²) in [5.74, 6) is 2.96. The number of methoxy groups -OCH3 is 1. The van der Waals surface area contributed by atoms with E-state index in [0.29, 0.717) is 11.6 Å². The molecule has 0 bridgehead atoms. The molecule has 1 atom stereocenters. The van der Waals surface area contributed by atoms with Crippen molar-refractivity contribution in [1.82, 2.24) is 35.5 Å². The number of H-pyrrole nitrogens is 1. The van der Waals surface area contributed by atoms with Gasteiger partial charge in [-0.2, -0.15) is 0 Å². The molecule has 0 saturated carbocycles. The van der Waals surface area contributed by atoms with E-state index in [-0.39, 0.29) is 0 Å². The number of tetrazole rings is 1. The van der Waals surface area contributed by atoms with Crippen molar-refractivity contribution in [2.45, 2.75) is 25.7 Å². The van der Waals surface area contributed by atoms with E-state index in [1.165, 1.54) is 12.8 Å². The van der Waals surface area contributed by atoms with Crippen molar-refractivity contribution in [3.63, 3.8) is 0 Å². The molecule has 1 aliphatic heterocycles. The lowest BCUT2D eigenvalue weighted by Crippen LogP contribution is -2.37. The molecular formula is C28H29N7O2. The Morgan fingerprint density at radius 3 is 2.70 bits per heavy atom. The zero-order valence-corrected chi connectivity index (χ0v) is 20.8. The average molecular weight is 496 g/mol. The van der Waals surface area contributed by atoms with Crippen LogP contribution in [-0.2, 0) is 12.8 Å². The maximum absolute atomic E-state index is 6.41. The number of nitrogens with zero attached hydrogens (tertiary/aromatic N) is 6. The Morgan fingerprint density at radius 2 is 1.92 bits per heavy atom. The van der Waals surface area contributed by atoms with Gasteiger partial charge in [0.2, 0.25) is 5.71 Å². The number of benzene rings is 2. The monoisotopic (exact) mass is 495 g/mol. The molecule has 0 aliphatic carbocycles. The summed E-state index contributed by atoms with van der Waals surface area (Å²) in [5, 5.41) is 15.2. The first-order chi connectivity index (χ1) is 18.3. The normalized spacial score (nSPS) is 16.3. The highest BCUT2D eigenvalue weighted by molar-refractivity contribution is 6.01. The quantitative estimate of drug-likeness (QED) is 0.334. The van der Waals surface area contributed by atoms with Gasteiger partial charge in [-0.1, -0.05) is 42.5 Å². The number of ether oxygens (including phenoxy) is 1. The molecule has 1 N–H and O–H groups in total. The highest BCUT2D eigenvalue weighted by Gasteiger charge is 2.26. The maximum atomic E-state index is 6.41. The first-order valence-electron chi connectivity index (χ1n) is 12.7. The van der Waals surface area contributed by atoms with E-state index in [1.54, 1.807) is 13.4 Å². The van der Waals surface area contributed by atoms with E-state index in [9.17, 15) is 0 Å². The Morgan fingerprint density at radius 1 is 1.05 bits per heavy atom. The average Bonchev–Trinajstić information content (AvgIpc) is 3.61. The molecule has 188 valence electrons. The molecule has 1 saturated heterocycles. The fraction of sp³-hybridized carbons (Fsp3) is 0.321. The van der Waals surface area contributed by atoms with Crippen LogP contribution >= 0.6 is 0 Å². The summed E-state index contributed by atoms with van der Waals surface area (Å²) >= 11 is 0. The van der Waals surface area contributed by atoms with E-state index in [2.05, 4.69) is 54.8 Å². The number of piperidine rings is 1. The summed E-state index contributed by atoms with van der Waals surface area (Å²) in [4.78, 5) is 11.8. The van der Waals surface area contributed by atoms with Crippen molar-refractivity contribution in [3.8, 4) is 28.2 Å². The molecule has 9 heteroatoms. The van der Waals surface area contributed by atoms with Crippen LogP contribution in [0.2, 0.25) is 0 Å². The minimum absolute atomic E-state index is 0.499. The summed E-state index contributed by atoms with van der Waals surface area (Å²) in [6, 6.07) is 18.3. The first kappa shape index (κ1) is 23.3. The number of furan rings is 1. The van der Waals surface area contributed by atoms with Gasteiger partial charge in [-0.15, -0.1) is 5.10 Å². The predicted molar refractivity (Wildman–Crippen MR) is 140 cm³/mol. The van der Waals surface area contributed by atoms with Crippen LogP contribution < -0.4 is 4.74 Å². The second-order valence-corrected chi connectivity index (χ2v) is 9.51. The maximum Gasteiger partial charge on any atom is 0.230 e. The second-order valence-electron chi connectivity index (χ2n) is 9.51. The van der Waals surface area contributed by atoms with Crippen LogP contribution in [0.4, 0.5) is 0 Å². The summed E-state index contributed by atoms with van der Waals surface area (Å²) in [7, 11) is 1.68. The zero-order chi connectivity index (χ0) is 25.0. The number of aromatic amines is 1. The van der Waals surface area contributed by atoms with Gasteiger partial charge < -0.3 is 14.1 Å². The van der Waals surface area contributed by atoms with Crippen molar-refractivity contribution in [3.05, 3.63) is 72.4 Å². The van der Waals surface area contributed by atoms with Gasteiger partial charge in [-0.05, 0) is 59.8 Å². The number of hydrogen-bond donors (Lipinski definition) is 1. The van der Waals surface area contributed by atoms with Crippen molar-refractivity contribution in [1.29, 1.82) is 0 Å². The van der Waals surface area contributed by atoms with Crippen LogP contribution in [0.3, 0.4) is 0 Å². The van der Waals surface area contributed by atoms with E-state index >= 15 is 0 Å². The Bertz CT molecular complexity index is 1450. The van der Waals surface area contributed by atoms with E-state index in [4.69, 9.17) is 14.1 Å². The Hall–Kier alpha value is -4.11. The van der Waals surface area contributed by atoms with Gasteiger partial charge in [0.05, 0.1) is 18.2 Å². The standard InChI is InChI=1S/C28H29N7O2/c1-36-22-11-9-20(10-12-22)25-26-23(29-18-30-28(26)37-27(25)21-7-3-2-4-8-21)16-19-6-5-14-35(17-19)15-13-24-31-33-34-32-24/h2-4,7-12,18-19H,5-6,13-17H2,1H3,(H,31,32,33,34)/t19-/m0/s1. The van der Waals surface area contributed by atoms with Crippen LogP contribution in [0, 0.1) is 5.92 Å². The molecule has 0 amide bonds. The van der Waals surface area contributed by atoms with Crippen molar-refractivity contribution in [2.24, 2.45) is 5.92 Å². The molecule has 37 heavy (non-hydrogen) atoms. The molecule has 0 unspecified atom stereocenters. The molecule has 9 nitrogen and oxygen atoms in total. The van der Waals surface area contributed by atoms with Gasteiger partial charge in [0, 0.05) is 30.6 Å². The summed E-state index contributed by atoms with van der Waals surface area (Å²) in [6.45, 7) is 3.06. The van der Waals surface area contributed by atoms with E-state index in [0.717, 1.165) is 77.6 Å². The molecule has 4 heterocycles. The fourth-order valence-corrected chi connectivity index (χ4v) is 5.32. The molecule has 0 spiro atoms. The summed E-state index contributed by atoms with van der Waals surface area (Å²) < 4.78 is 11.8. The molecule has 1 fully saturated rings. The molecule has 6 rings (SSSR count). The number of aromatic nitrogens is 6. The van der Waals surface area contributed by atoms with Crippen LogP contribution in [-0.4, -0.2) is 62.2 Å². The van der Waals surface area contributed by atoms with Crippen LogP contribution in [0.25, 0.3) is 33.6 Å². The van der Waals surface area contributed by atoms with Gasteiger partial charge in [0.1, 0.15) is 23.7 Å². The lowest BCUT2D eigenvalue weighted by molar-refractivity contribution is 0.175. The third kappa shape index (κ3) is 4.95. The minimum atomic E-state index is 0.499. The second kappa shape index (κ2) is 10.5. The SMILES string of the molecule is COc1ccc(-c2c(-c3ccccc3)oc3ncnc(C[C@@H]4CCCN(CCc5nnn[nH]5)C4)c23)cc1. The van der Waals surface area contributed by atoms with Crippen molar-refractivity contribution >= 4 is 11.1 Å². The Balaban J connectivity index is 1.34. The van der Waals surface area contributed by atoms with Gasteiger partial charge in [-0.3, -0.25) is 0 Å².